The van der Waals surface area contributed by atoms with Gasteiger partial charge < -0.3 is 20.8 Å². The first kappa shape index (κ1) is 22.7. The highest BCUT2D eigenvalue weighted by Gasteiger charge is 2.33. The van der Waals surface area contributed by atoms with E-state index in [0.29, 0.717) is 24.6 Å². The molecular weight excluding hydrogens is 446 g/mol. The molecule has 5 rings (SSSR count). The topological polar surface area (TPSA) is 103 Å². The number of benzene rings is 2. The van der Waals surface area contributed by atoms with Crippen molar-refractivity contribution >= 4 is 33.3 Å². The monoisotopic (exact) mass is 475 g/mol. The maximum Gasteiger partial charge on any atom is 0.224 e. The van der Waals surface area contributed by atoms with Crippen molar-refractivity contribution in [2.24, 2.45) is 5.92 Å². The summed E-state index contributed by atoms with van der Waals surface area (Å²) in [5.74, 6) is 1.16. The number of fused-ring (bicyclic) bond motifs is 1. The van der Waals surface area contributed by atoms with Crippen LogP contribution in [0, 0.1) is 12.8 Å². The van der Waals surface area contributed by atoms with E-state index in [2.05, 4.69) is 28.8 Å². The summed E-state index contributed by atoms with van der Waals surface area (Å²) >= 11 is 1.62. The van der Waals surface area contributed by atoms with Crippen molar-refractivity contribution in [3.8, 4) is 10.6 Å². The number of para-hydroxylation sites is 1. The van der Waals surface area contributed by atoms with Gasteiger partial charge in [-0.3, -0.25) is 0 Å². The molecule has 2 heterocycles. The fourth-order valence-electron chi connectivity index (χ4n) is 4.57. The molecule has 0 unspecified atom stereocenters. The number of aliphatic hydroxyl groups excluding tert-OH is 2. The van der Waals surface area contributed by atoms with E-state index < -0.39 is 6.10 Å². The highest BCUT2D eigenvalue weighted by molar-refractivity contribution is 7.21. The molecule has 1 fully saturated rings. The number of thiazole rings is 1. The van der Waals surface area contributed by atoms with Crippen LogP contribution in [-0.4, -0.2) is 50.5 Å². The number of aliphatic hydroxyl groups is 2. The second-order valence-corrected chi connectivity index (χ2v) is 9.86. The lowest BCUT2D eigenvalue weighted by Crippen LogP contribution is -2.19. The van der Waals surface area contributed by atoms with Gasteiger partial charge in [-0.1, -0.05) is 42.5 Å². The molecule has 0 radical (unpaired) electrons. The van der Waals surface area contributed by atoms with Crippen molar-refractivity contribution in [2.45, 2.75) is 38.3 Å². The van der Waals surface area contributed by atoms with Crippen LogP contribution in [0.15, 0.2) is 54.6 Å². The molecule has 4 aromatic rings. The number of aryl methyl sites for hydroxylation is 1. The van der Waals surface area contributed by atoms with E-state index in [0.717, 1.165) is 39.4 Å². The molecule has 2 aromatic heterocycles. The summed E-state index contributed by atoms with van der Waals surface area (Å²) in [5, 5.41) is 27.7. The van der Waals surface area contributed by atoms with E-state index in [1.165, 1.54) is 5.56 Å². The molecule has 0 spiro atoms. The van der Waals surface area contributed by atoms with Gasteiger partial charge >= 0.3 is 0 Å². The highest BCUT2D eigenvalue weighted by atomic mass is 32.1. The Morgan fingerprint density at radius 1 is 1.00 bits per heavy atom. The fraction of sp³-hybridized carbons (Fsp3) is 0.346. The van der Waals surface area contributed by atoms with E-state index in [1.54, 1.807) is 11.3 Å². The average Bonchev–Trinajstić information content (AvgIpc) is 3.42. The average molecular weight is 476 g/mol. The summed E-state index contributed by atoms with van der Waals surface area (Å²) in [6.45, 7) is 2.69. The fourth-order valence-corrected chi connectivity index (χ4v) is 5.63. The molecule has 1 aliphatic carbocycles. The number of aromatic nitrogens is 3. The Bertz CT molecular complexity index is 1230. The van der Waals surface area contributed by atoms with E-state index in [1.807, 2.05) is 43.3 Å². The number of anilines is 2. The molecule has 0 saturated heterocycles. The number of hydrogen-bond donors (Lipinski definition) is 4. The molecule has 176 valence electrons. The molecular formula is C26H29N5O2S. The van der Waals surface area contributed by atoms with E-state index >= 15 is 0 Å². The molecule has 1 aliphatic rings. The summed E-state index contributed by atoms with van der Waals surface area (Å²) in [5.41, 5.74) is 3.94. The van der Waals surface area contributed by atoms with Gasteiger partial charge in [0.1, 0.15) is 10.8 Å². The predicted molar refractivity (Wildman–Crippen MR) is 137 cm³/mol. The zero-order chi connectivity index (χ0) is 23.5. The molecule has 4 N–H and O–H groups in total. The van der Waals surface area contributed by atoms with Gasteiger partial charge in [-0.25, -0.2) is 9.97 Å². The maximum atomic E-state index is 10.3. The van der Waals surface area contributed by atoms with Crippen LogP contribution in [0.5, 0.6) is 0 Å². The van der Waals surface area contributed by atoms with Crippen LogP contribution in [0.3, 0.4) is 0 Å². The summed E-state index contributed by atoms with van der Waals surface area (Å²) in [4.78, 5) is 14.4. The second kappa shape index (κ2) is 10.0. The number of hydrogen-bond acceptors (Lipinski definition) is 8. The zero-order valence-electron chi connectivity index (χ0n) is 19.1. The van der Waals surface area contributed by atoms with Crippen molar-refractivity contribution in [1.29, 1.82) is 0 Å². The molecule has 8 heteroatoms. The number of rotatable bonds is 8. The normalized spacial score (nSPS) is 20.0. The smallest absolute Gasteiger partial charge is 0.224 e. The van der Waals surface area contributed by atoms with Crippen molar-refractivity contribution in [1.82, 2.24) is 15.0 Å². The van der Waals surface area contributed by atoms with Gasteiger partial charge in [-0.05, 0) is 43.9 Å². The van der Waals surface area contributed by atoms with Gasteiger partial charge in [0, 0.05) is 25.1 Å². The molecule has 3 atom stereocenters. The highest BCUT2D eigenvalue weighted by Crippen LogP contribution is 2.37. The Labute approximate surface area is 202 Å². The molecule has 0 aliphatic heterocycles. The van der Waals surface area contributed by atoms with Crippen LogP contribution >= 0.6 is 11.3 Å². The third kappa shape index (κ3) is 4.89. The standard InChI is InChI=1S/C26H29N5O2S/c1-16-23(25-30-20-9-5-6-10-22(20)34-25)24(29-19-13-18(15-32)21(33)14-19)31-26(28-16)27-12-11-17-7-3-2-4-8-17/h2-10,18-19,21,32-33H,11-15H2,1H3,(H2,27,28,29,31)/t18-,19-,21+/m1/s1. The Hall–Kier alpha value is -3.07. The second-order valence-electron chi connectivity index (χ2n) is 8.83. The third-order valence-electron chi connectivity index (χ3n) is 6.37. The van der Waals surface area contributed by atoms with Crippen molar-refractivity contribution in [3.05, 3.63) is 65.9 Å². The SMILES string of the molecule is Cc1nc(NCCc2ccccc2)nc(N[C@@H]2C[C@H](CO)[C@@H](O)C2)c1-c1nc2ccccc2s1. The van der Waals surface area contributed by atoms with Gasteiger partial charge in [-0.2, -0.15) is 4.98 Å². The van der Waals surface area contributed by atoms with E-state index in [-0.39, 0.29) is 18.6 Å². The summed E-state index contributed by atoms with van der Waals surface area (Å²) in [6, 6.07) is 18.4. The van der Waals surface area contributed by atoms with Crippen LogP contribution in [0.2, 0.25) is 0 Å². The van der Waals surface area contributed by atoms with Gasteiger partial charge in [0.2, 0.25) is 5.95 Å². The lowest BCUT2D eigenvalue weighted by atomic mass is 10.1. The Morgan fingerprint density at radius 3 is 2.56 bits per heavy atom. The molecule has 2 aromatic carbocycles. The van der Waals surface area contributed by atoms with E-state index in [4.69, 9.17) is 15.0 Å². The van der Waals surface area contributed by atoms with E-state index in [9.17, 15) is 10.2 Å². The number of nitrogens with one attached hydrogen (secondary N) is 2. The quantitative estimate of drug-likeness (QED) is 0.302. The van der Waals surface area contributed by atoms with Gasteiger partial charge in [-0.15, -0.1) is 11.3 Å². The lowest BCUT2D eigenvalue weighted by Gasteiger charge is -2.18. The summed E-state index contributed by atoms with van der Waals surface area (Å²) < 4.78 is 1.12. The summed E-state index contributed by atoms with van der Waals surface area (Å²) in [6.07, 6.45) is 1.62. The van der Waals surface area contributed by atoms with Crippen LogP contribution in [0.25, 0.3) is 20.8 Å². The third-order valence-corrected chi connectivity index (χ3v) is 7.42. The van der Waals surface area contributed by atoms with Crippen molar-refractivity contribution < 1.29 is 10.2 Å². The predicted octanol–water partition coefficient (Wildman–Crippen LogP) is 4.26. The van der Waals surface area contributed by atoms with Crippen molar-refractivity contribution in [3.63, 3.8) is 0 Å². The minimum Gasteiger partial charge on any atom is -0.396 e. The first-order valence-corrected chi connectivity index (χ1v) is 12.5. The maximum absolute atomic E-state index is 10.3. The van der Waals surface area contributed by atoms with Crippen LogP contribution < -0.4 is 10.6 Å². The Morgan fingerprint density at radius 2 is 1.79 bits per heavy atom. The van der Waals surface area contributed by atoms with Gasteiger partial charge in [0.05, 0.1) is 27.6 Å². The minimum absolute atomic E-state index is 0.0147. The molecule has 1 saturated carbocycles. The first-order valence-electron chi connectivity index (χ1n) is 11.7. The first-order chi connectivity index (χ1) is 16.6. The van der Waals surface area contributed by atoms with Crippen LogP contribution in [0.1, 0.15) is 24.1 Å². The van der Waals surface area contributed by atoms with Crippen LogP contribution in [0.4, 0.5) is 11.8 Å². The molecule has 34 heavy (non-hydrogen) atoms. The van der Waals surface area contributed by atoms with Crippen molar-refractivity contribution in [2.75, 3.05) is 23.8 Å². The Balaban J connectivity index is 1.44. The molecule has 7 nitrogen and oxygen atoms in total. The largest absolute Gasteiger partial charge is 0.396 e. The molecule has 0 amide bonds. The summed E-state index contributed by atoms with van der Waals surface area (Å²) in [7, 11) is 0. The van der Waals surface area contributed by atoms with Gasteiger partial charge in [0.15, 0.2) is 0 Å². The Kier molecular flexibility index (Phi) is 6.71. The van der Waals surface area contributed by atoms with Gasteiger partial charge in [0.25, 0.3) is 0 Å². The lowest BCUT2D eigenvalue weighted by molar-refractivity contribution is 0.0908. The minimum atomic E-state index is -0.514. The molecule has 0 bridgehead atoms. The number of nitrogens with zero attached hydrogens (tertiary/aromatic N) is 3. The van der Waals surface area contributed by atoms with Crippen LogP contribution in [-0.2, 0) is 6.42 Å². The zero-order valence-corrected chi connectivity index (χ0v) is 19.9.